The molecule has 6 heteroatoms. The average molecular weight is 420 g/mol. The molecule has 5 rings (SSSR count). The molecule has 1 atom stereocenters. The third kappa shape index (κ3) is 3.52. The van der Waals surface area contributed by atoms with Gasteiger partial charge in [0.05, 0.1) is 11.6 Å². The molecule has 3 heterocycles. The van der Waals surface area contributed by atoms with Crippen molar-refractivity contribution in [2.45, 2.75) is 25.3 Å². The molecule has 152 valence electrons. The first-order valence-electron chi connectivity index (χ1n) is 10.2. The minimum Gasteiger partial charge on any atom is -0.337 e. The predicted octanol–water partition coefficient (Wildman–Crippen LogP) is 5.31. The van der Waals surface area contributed by atoms with Gasteiger partial charge in [0.1, 0.15) is 11.5 Å². The number of rotatable bonds is 4. The summed E-state index contributed by atoms with van der Waals surface area (Å²) in [6.07, 6.45) is 3.84. The first-order chi connectivity index (χ1) is 14.7. The molecule has 0 N–H and O–H groups in total. The molecule has 0 bridgehead atoms. The highest BCUT2D eigenvalue weighted by Gasteiger charge is 2.29. The zero-order valence-electron chi connectivity index (χ0n) is 16.5. The molecule has 0 radical (unpaired) electrons. The number of halogens is 1. The van der Waals surface area contributed by atoms with Crippen LogP contribution in [0.2, 0.25) is 0 Å². The van der Waals surface area contributed by atoms with Crippen molar-refractivity contribution in [2.24, 2.45) is 0 Å². The van der Waals surface area contributed by atoms with Crippen LogP contribution in [0.5, 0.6) is 0 Å². The lowest BCUT2D eigenvalue weighted by Crippen LogP contribution is -2.40. The van der Waals surface area contributed by atoms with Gasteiger partial charge in [-0.1, -0.05) is 36.4 Å². The standard InChI is InChI=1S/C24H22FN3OS/c25-20-9-3-1-7-18(20)16-28-21-10-4-2-6-17(21)14-22(28)24(29)27-12-5-8-19(15-27)23-26-11-13-30-23/h1-4,6-7,9-11,13-14,19H,5,8,12,15-16H2. The van der Waals surface area contributed by atoms with E-state index in [4.69, 9.17) is 0 Å². The number of carbonyl (C=O) groups excluding carboxylic acids is 1. The number of piperidine rings is 1. The van der Waals surface area contributed by atoms with Crippen LogP contribution >= 0.6 is 11.3 Å². The Balaban J connectivity index is 1.50. The number of likely N-dealkylation sites (tertiary alicyclic amines) is 1. The van der Waals surface area contributed by atoms with Crippen molar-refractivity contribution in [3.8, 4) is 0 Å². The second-order valence-electron chi connectivity index (χ2n) is 7.73. The third-order valence-corrected chi connectivity index (χ3v) is 6.76. The number of benzene rings is 2. The first kappa shape index (κ1) is 19.0. The molecule has 30 heavy (non-hydrogen) atoms. The van der Waals surface area contributed by atoms with Gasteiger partial charge in [-0.3, -0.25) is 4.79 Å². The minimum atomic E-state index is -0.254. The van der Waals surface area contributed by atoms with Crippen molar-refractivity contribution < 1.29 is 9.18 Å². The molecule has 4 aromatic rings. The normalized spacial score (nSPS) is 16.8. The summed E-state index contributed by atoms with van der Waals surface area (Å²) in [5.74, 6) is 0.0337. The number of thiazole rings is 1. The molecule has 0 saturated carbocycles. The van der Waals surface area contributed by atoms with Gasteiger partial charge in [0.15, 0.2) is 0 Å². The second-order valence-corrected chi connectivity index (χ2v) is 8.65. The maximum atomic E-state index is 14.4. The third-order valence-electron chi connectivity index (χ3n) is 5.83. The molecular formula is C24H22FN3OS. The monoisotopic (exact) mass is 419 g/mol. The molecular weight excluding hydrogens is 397 g/mol. The highest BCUT2D eigenvalue weighted by Crippen LogP contribution is 2.30. The van der Waals surface area contributed by atoms with E-state index < -0.39 is 0 Å². The summed E-state index contributed by atoms with van der Waals surface area (Å²) in [4.78, 5) is 20.0. The molecule has 1 unspecified atom stereocenters. The number of aromatic nitrogens is 2. The lowest BCUT2D eigenvalue weighted by atomic mass is 9.98. The van der Waals surface area contributed by atoms with E-state index in [0.717, 1.165) is 35.3 Å². The summed E-state index contributed by atoms with van der Waals surface area (Å²) < 4.78 is 16.3. The summed E-state index contributed by atoms with van der Waals surface area (Å²) in [6, 6.07) is 16.6. The Morgan fingerprint density at radius 1 is 1.17 bits per heavy atom. The number of amides is 1. The van der Waals surface area contributed by atoms with E-state index in [1.165, 1.54) is 6.07 Å². The maximum Gasteiger partial charge on any atom is 0.270 e. The van der Waals surface area contributed by atoms with Gasteiger partial charge < -0.3 is 9.47 Å². The highest BCUT2D eigenvalue weighted by molar-refractivity contribution is 7.09. The predicted molar refractivity (Wildman–Crippen MR) is 117 cm³/mol. The fraction of sp³-hybridized carbons (Fsp3) is 0.250. The van der Waals surface area contributed by atoms with E-state index >= 15 is 0 Å². The Kier molecular flexibility index (Phi) is 5.09. The van der Waals surface area contributed by atoms with Crippen LogP contribution in [0, 0.1) is 5.82 Å². The van der Waals surface area contributed by atoms with Crippen LogP contribution in [0.1, 0.15) is 39.8 Å². The van der Waals surface area contributed by atoms with Crippen molar-refractivity contribution in [1.82, 2.24) is 14.5 Å². The van der Waals surface area contributed by atoms with Crippen molar-refractivity contribution in [3.05, 3.63) is 88.3 Å². The van der Waals surface area contributed by atoms with Crippen LogP contribution in [0.3, 0.4) is 0 Å². The Morgan fingerprint density at radius 3 is 2.83 bits per heavy atom. The molecule has 2 aromatic heterocycles. The van der Waals surface area contributed by atoms with Crippen molar-refractivity contribution in [2.75, 3.05) is 13.1 Å². The minimum absolute atomic E-state index is 0.00351. The van der Waals surface area contributed by atoms with Gasteiger partial charge in [-0.15, -0.1) is 11.3 Å². The Labute approximate surface area is 178 Å². The van der Waals surface area contributed by atoms with Gasteiger partial charge in [0.25, 0.3) is 5.91 Å². The van der Waals surface area contributed by atoms with E-state index in [0.29, 0.717) is 24.3 Å². The van der Waals surface area contributed by atoms with Crippen molar-refractivity contribution in [3.63, 3.8) is 0 Å². The summed E-state index contributed by atoms with van der Waals surface area (Å²) in [5.41, 5.74) is 2.13. The molecule has 0 spiro atoms. The van der Waals surface area contributed by atoms with Crippen LogP contribution in [0.4, 0.5) is 4.39 Å². The average Bonchev–Trinajstić information content (AvgIpc) is 3.44. The molecule has 4 nitrogen and oxygen atoms in total. The SMILES string of the molecule is O=C(c1cc2ccccc2n1Cc1ccccc1F)N1CCCC(c2nccs2)C1. The molecule has 1 amide bonds. The quantitative estimate of drug-likeness (QED) is 0.450. The van der Waals surface area contributed by atoms with Crippen molar-refractivity contribution in [1.29, 1.82) is 0 Å². The largest absolute Gasteiger partial charge is 0.337 e. The second kappa shape index (κ2) is 8.03. The first-order valence-corrected chi connectivity index (χ1v) is 11.1. The fourth-order valence-electron chi connectivity index (χ4n) is 4.32. The van der Waals surface area contributed by atoms with Crippen molar-refractivity contribution >= 4 is 28.1 Å². The molecule has 1 saturated heterocycles. The summed E-state index contributed by atoms with van der Waals surface area (Å²) in [7, 11) is 0. The molecule has 1 fully saturated rings. The van der Waals surface area contributed by atoms with Gasteiger partial charge in [0, 0.05) is 47.1 Å². The lowest BCUT2D eigenvalue weighted by molar-refractivity contribution is 0.0697. The number of para-hydroxylation sites is 1. The van der Waals surface area contributed by atoms with Gasteiger partial charge in [0.2, 0.25) is 0 Å². The zero-order valence-corrected chi connectivity index (χ0v) is 17.3. The zero-order chi connectivity index (χ0) is 20.5. The topological polar surface area (TPSA) is 38.1 Å². The van der Waals surface area contributed by atoms with Crippen LogP contribution in [-0.2, 0) is 6.54 Å². The van der Waals surface area contributed by atoms with Gasteiger partial charge in [-0.05, 0) is 31.0 Å². The molecule has 1 aliphatic rings. The smallest absolute Gasteiger partial charge is 0.270 e. The summed E-state index contributed by atoms with van der Waals surface area (Å²) >= 11 is 1.65. The van der Waals surface area contributed by atoms with Gasteiger partial charge in [-0.25, -0.2) is 9.37 Å². The van der Waals surface area contributed by atoms with E-state index in [2.05, 4.69) is 4.98 Å². The number of nitrogens with zero attached hydrogens (tertiary/aromatic N) is 3. The summed E-state index contributed by atoms with van der Waals surface area (Å²) in [5, 5.41) is 4.08. The van der Waals surface area contributed by atoms with Gasteiger partial charge >= 0.3 is 0 Å². The van der Waals surface area contributed by atoms with Crippen LogP contribution < -0.4 is 0 Å². The number of fused-ring (bicyclic) bond motifs is 1. The Morgan fingerprint density at radius 2 is 2.00 bits per heavy atom. The van der Waals surface area contributed by atoms with E-state index in [1.807, 2.05) is 57.4 Å². The summed E-state index contributed by atoms with van der Waals surface area (Å²) in [6.45, 7) is 1.74. The number of carbonyl (C=O) groups is 1. The van der Waals surface area contributed by atoms with E-state index in [-0.39, 0.29) is 17.6 Å². The molecule has 0 aliphatic carbocycles. The fourth-order valence-corrected chi connectivity index (χ4v) is 5.08. The van der Waals surface area contributed by atoms with Crippen LogP contribution in [0.15, 0.2) is 66.2 Å². The highest BCUT2D eigenvalue weighted by atomic mass is 32.1. The van der Waals surface area contributed by atoms with Gasteiger partial charge in [-0.2, -0.15) is 0 Å². The number of hydrogen-bond acceptors (Lipinski definition) is 3. The van der Waals surface area contributed by atoms with Crippen LogP contribution in [-0.4, -0.2) is 33.4 Å². The molecule has 2 aromatic carbocycles. The Bertz CT molecular complexity index is 1180. The molecule has 1 aliphatic heterocycles. The maximum absolute atomic E-state index is 14.4. The van der Waals surface area contributed by atoms with E-state index in [1.54, 1.807) is 23.5 Å². The Hall–Kier alpha value is -2.99. The lowest BCUT2D eigenvalue weighted by Gasteiger charge is -2.32. The number of hydrogen-bond donors (Lipinski definition) is 0. The van der Waals surface area contributed by atoms with E-state index in [9.17, 15) is 9.18 Å². The van der Waals surface area contributed by atoms with Crippen LogP contribution in [0.25, 0.3) is 10.9 Å².